The van der Waals surface area contributed by atoms with Gasteiger partial charge in [-0.3, -0.25) is 4.79 Å². The van der Waals surface area contributed by atoms with Crippen molar-refractivity contribution < 1.29 is 19.1 Å². The number of ether oxygens (including phenoxy) is 2. The Morgan fingerprint density at radius 3 is 2.47 bits per heavy atom. The van der Waals surface area contributed by atoms with E-state index < -0.39 is 11.7 Å². The van der Waals surface area contributed by atoms with Crippen LogP contribution >= 0.6 is 0 Å². The maximum atomic E-state index is 11.6. The second kappa shape index (κ2) is 4.18. The fourth-order valence-electron chi connectivity index (χ4n) is 1.33. The Bertz CT molecular complexity index is 269. The zero-order chi connectivity index (χ0) is 11.6. The van der Waals surface area contributed by atoms with Crippen LogP contribution in [-0.4, -0.2) is 42.3 Å². The Hall–Kier alpha value is -1.10. The Morgan fingerprint density at radius 1 is 1.47 bits per heavy atom. The summed E-state index contributed by atoms with van der Waals surface area (Å²) in [6, 6.07) is 0. The molecule has 1 atom stereocenters. The first-order valence-corrected chi connectivity index (χ1v) is 4.89. The molecule has 0 aromatic carbocycles. The quantitative estimate of drug-likeness (QED) is 0.658. The average molecular weight is 215 g/mol. The molecule has 1 unspecified atom stereocenters. The summed E-state index contributed by atoms with van der Waals surface area (Å²) in [6.45, 7) is 5.57. The summed E-state index contributed by atoms with van der Waals surface area (Å²) in [5.74, 6) is -0.240. The number of carbonyl (C=O) groups excluding carboxylic acids is 2. The highest BCUT2D eigenvalue weighted by atomic mass is 16.6. The zero-order valence-electron chi connectivity index (χ0n) is 9.57. The standard InChI is InChI=1S/C10H17NO4/c1-10(2,3)15-9(13)11-6-7(14-4)5-8(11)12/h7H,5-6H2,1-4H3. The van der Waals surface area contributed by atoms with Crippen LogP contribution in [0.2, 0.25) is 0 Å². The van der Waals surface area contributed by atoms with E-state index in [0.29, 0.717) is 0 Å². The molecule has 1 aliphatic heterocycles. The molecule has 86 valence electrons. The molecular formula is C10H17NO4. The molecule has 0 saturated carbocycles. The van der Waals surface area contributed by atoms with Gasteiger partial charge < -0.3 is 9.47 Å². The van der Waals surface area contributed by atoms with Crippen LogP contribution < -0.4 is 0 Å². The van der Waals surface area contributed by atoms with Crippen LogP contribution in [0.25, 0.3) is 0 Å². The SMILES string of the molecule is COC1CC(=O)N(C(=O)OC(C)(C)C)C1. The summed E-state index contributed by atoms with van der Waals surface area (Å²) in [5, 5.41) is 0. The lowest BCUT2D eigenvalue weighted by atomic mass is 10.2. The molecule has 0 aromatic heterocycles. The van der Waals surface area contributed by atoms with E-state index in [2.05, 4.69) is 0 Å². The van der Waals surface area contributed by atoms with Gasteiger partial charge in [0.2, 0.25) is 5.91 Å². The molecule has 0 aromatic rings. The van der Waals surface area contributed by atoms with Crippen LogP contribution in [0.3, 0.4) is 0 Å². The molecule has 0 aliphatic carbocycles. The minimum atomic E-state index is -0.591. The third kappa shape index (κ3) is 3.20. The number of likely N-dealkylation sites (tertiary alicyclic amines) is 1. The molecule has 1 heterocycles. The number of hydrogen-bond acceptors (Lipinski definition) is 4. The van der Waals surface area contributed by atoms with Gasteiger partial charge in [0.15, 0.2) is 0 Å². The summed E-state index contributed by atoms with van der Waals surface area (Å²) < 4.78 is 10.1. The number of imide groups is 1. The lowest BCUT2D eigenvalue weighted by Gasteiger charge is -2.23. The first-order valence-electron chi connectivity index (χ1n) is 4.89. The van der Waals surface area contributed by atoms with Crippen molar-refractivity contribution in [1.29, 1.82) is 0 Å². The molecule has 1 fully saturated rings. The summed E-state index contributed by atoms with van der Waals surface area (Å²) in [7, 11) is 1.52. The normalized spacial score (nSPS) is 22.0. The minimum absolute atomic E-state index is 0.204. The van der Waals surface area contributed by atoms with Gasteiger partial charge in [-0.2, -0.15) is 0 Å². The van der Waals surface area contributed by atoms with E-state index in [0.717, 1.165) is 4.90 Å². The molecule has 0 bridgehead atoms. The Morgan fingerprint density at radius 2 is 2.07 bits per heavy atom. The smallest absolute Gasteiger partial charge is 0.417 e. The van der Waals surface area contributed by atoms with Gasteiger partial charge in [0.1, 0.15) is 5.60 Å². The van der Waals surface area contributed by atoms with Gasteiger partial charge in [0.25, 0.3) is 0 Å². The van der Waals surface area contributed by atoms with E-state index in [1.54, 1.807) is 20.8 Å². The fraction of sp³-hybridized carbons (Fsp3) is 0.800. The molecule has 0 N–H and O–H groups in total. The van der Waals surface area contributed by atoms with E-state index in [4.69, 9.17) is 9.47 Å². The van der Waals surface area contributed by atoms with Gasteiger partial charge in [-0.25, -0.2) is 9.69 Å². The van der Waals surface area contributed by atoms with Gasteiger partial charge in [-0.15, -0.1) is 0 Å². The fourth-order valence-corrected chi connectivity index (χ4v) is 1.33. The van der Waals surface area contributed by atoms with E-state index in [9.17, 15) is 9.59 Å². The number of amides is 2. The van der Waals surface area contributed by atoms with E-state index in [1.807, 2.05) is 0 Å². The maximum absolute atomic E-state index is 11.6. The van der Waals surface area contributed by atoms with Crippen molar-refractivity contribution in [2.75, 3.05) is 13.7 Å². The lowest BCUT2D eigenvalue weighted by Crippen LogP contribution is -2.38. The van der Waals surface area contributed by atoms with Crippen molar-refractivity contribution in [2.45, 2.75) is 38.9 Å². The van der Waals surface area contributed by atoms with Crippen molar-refractivity contribution in [3.63, 3.8) is 0 Å². The third-order valence-electron chi connectivity index (χ3n) is 2.04. The summed E-state index contributed by atoms with van der Waals surface area (Å²) in [4.78, 5) is 24.1. The highest BCUT2D eigenvalue weighted by molar-refractivity contribution is 5.94. The number of carbonyl (C=O) groups is 2. The number of rotatable bonds is 1. The van der Waals surface area contributed by atoms with Crippen molar-refractivity contribution in [2.24, 2.45) is 0 Å². The van der Waals surface area contributed by atoms with Gasteiger partial charge in [-0.05, 0) is 20.8 Å². The monoisotopic (exact) mass is 215 g/mol. The van der Waals surface area contributed by atoms with Crippen LogP contribution in [-0.2, 0) is 14.3 Å². The van der Waals surface area contributed by atoms with Crippen molar-refractivity contribution in [3.8, 4) is 0 Å². The van der Waals surface area contributed by atoms with Gasteiger partial charge in [-0.1, -0.05) is 0 Å². The topological polar surface area (TPSA) is 55.8 Å². The maximum Gasteiger partial charge on any atom is 0.417 e. The number of methoxy groups -OCH3 is 1. The average Bonchev–Trinajstić information content (AvgIpc) is 2.43. The van der Waals surface area contributed by atoms with Crippen LogP contribution in [0.15, 0.2) is 0 Å². The summed E-state index contributed by atoms with van der Waals surface area (Å²) >= 11 is 0. The van der Waals surface area contributed by atoms with Gasteiger partial charge in [0.05, 0.1) is 19.1 Å². The molecule has 2 amide bonds. The Labute approximate surface area is 89.3 Å². The number of hydrogen-bond donors (Lipinski definition) is 0. The van der Waals surface area contributed by atoms with Gasteiger partial charge in [0, 0.05) is 7.11 Å². The molecule has 5 nitrogen and oxygen atoms in total. The summed E-state index contributed by atoms with van der Waals surface area (Å²) in [6.07, 6.45) is -0.549. The second-order valence-corrected chi connectivity index (χ2v) is 4.55. The molecular weight excluding hydrogens is 198 g/mol. The van der Waals surface area contributed by atoms with E-state index >= 15 is 0 Å². The largest absolute Gasteiger partial charge is 0.443 e. The first-order chi connectivity index (χ1) is 6.83. The molecule has 0 spiro atoms. The molecule has 1 rings (SSSR count). The lowest BCUT2D eigenvalue weighted by molar-refractivity contribution is -0.127. The molecule has 5 heteroatoms. The van der Waals surface area contributed by atoms with Crippen LogP contribution in [0.4, 0.5) is 4.79 Å². The number of nitrogens with zero attached hydrogens (tertiary/aromatic N) is 1. The molecule has 1 saturated heterocycles. The predicted octanol–water partition coefficient (Wildman–Crippen LogP) is 1.17. The van der Waals surface area contributed by atoms with Gasteiger partial charge >= 0.3 is 6.09 Å². The predicted molar refractivity (Wildman–Crippen MR) is 53.4 cm³/mol. The molecule has 15 heavy (non-hydrogen) atoms. The molecule has 0 radical (unpaired) electrons. The van der Waals surface area contributed by atoms with Crippen molar-refractivity contribution in [1.82, 2.24) is 4.90 Å². The van der Waals surface area contributed by atoms with Crippen molar-refractivity contribution in [3.05, 3.63) is 0 Å². The third-order valence-corrected chi connectivity index (χ3v) is 2.04. The second-order valence-electron chi connectivity index (χ2n) is 4.55. The van der Waals surface area contributed by atoms with E-state index in [-0.39, 0.29) is 25.0 Å². The zero-order valence-corrected chi connectivity index (χ0v) is 9.57. The highest BCUT2D eigenvalue weighted by Crippen LogP contribution is 2.17. The minimum Gasteiger partial charge on any atom is -0.443 e. The van der Waals surface area contributed by atoms with Crippen LogP contribution in [0.5, 0.6) is 0 Å². The Kier molecular flexibility index (Phi) is 3.34. The highest BCUT2D eigenvalue weighted by Gasteiger charge is 2.36. The van der Waals surface area contributed by atoms with E-state index in [1.165, 1.54) is 7.11 Å². The Balaban J connectivity index is 2.58. The first kappa shape index (κ1) is 12.0. The van der Waals surface area contributed by atoms with Crippen LogP contribution in [0, 0.1) is 0 Å². The molecule has 1 aliphatic rings. The summed E-state index contributed by atoms with van der Waals surface area (Å²) in [5.41, 5.74) is -0.581. The van der Waals surface area contributed by atoms with Crippen LogP contribution in [0.1, 0.15) is 27.2 Å². The van der Waals surface area contributed by atoms with Crippen molar-refractivity contribution >= 4 is 12.0 Å².